The van der Waals surface area contributed by atoms with Crippen LogP contribution in [-0.4, -0.2) is 55.3 Å². The number of nitrogens with one attached hydrogen (secondary N) is 2. The molecule has 1 aliphatic rings. The molecule has 0 saturated carbocycles. The van der Waals surface area contributed by atoms with Crippen LogP contribution in [0.1, 0.15) is 30.0 Å². The molecule has 4 nitrogen and oxygen atoms in total. The highest BCUT2D eigenvalue weighted by atomic mass is 127. The van der Waals surface area contributed by atoms with Crippen molar-refractivity contribution in [1.82, 2.24) is 15.5 Å². The number of halogens is 4. The van der Waals surface area contributed by atoms with Crippen molar-refractivity contribution < 1.29 is 13.2 Å². The quantitative estimate of drug-likeness (QED) is 0.352. The molecular formula is C17H28F3IN4S. The fourth-order valence-corrected chi connectivity index (χ4v) is 4.03. The fraction of sp³-hybridized carbons (Fsp3) is 0.706. The standard InChI is InChI=1S/C17H27F3N4S.HI/c1-4-21-16(22-12(2)9-15-6-5-13(3)25-15)23-14-7-8-24(10-14)11-17(18,19)20;/h5-6,12,14H,4,7-11H2,1-3H3,(H2,21,22,23);1H. The van der Waals surface area contributed by atoms with E-state index in [0.717, 1.165) is 6.42 Å². The molecule has 0 bridgehead atoms. The number of aryl methyl sites for hydroxylation is 1. The van der Waals surface area contributed by atoms with Crippen LogP contribution in [0.3, 0.4) is 0 Å². The summed E-state index contributed by atoms with van der Waals surface area (Å²) in [4.78, 5) is 8.48. The maximum absolute atomic E-state index is 12.5. The minimum Gasteiger partial charge on any atom is -0.354 e. The Morgan fingerprint density at radius 3 is 2.73 bits per heavy atom. The van der Waals surface area contributed by atoms with Crippen molar-refractivity contribution in [2.75, 3.05) is 26.2 Å². The van der Waals surface area contributed by atoms with Crippen molar-refractivity contribution in [2.45, 2.75) is 51.9 Å². The summed E-state index contributed by atoms with van der Waals surface area (Å²) in [5, 5.41) is 6.66. The van der Waals surface area contributed by atoms with E-state index in [2.05, 4.69) is 41.6 Å². The first-order valence-corrected chi connectivity index (χ1v) is 9.48. The predicted octanol–water partition coefficient (Wildman–Crippen LogP) is 3.80. The van der Waals surface area contributed by atoms with E-state index in [4.69, 9.17) is 0 Å². The van der Waals surface area contributed by atoms with Crippen LogP contribution < -0.4 is 10.6 Å². The maximum Gasteiger partial charge on any atom is 0.401 e. The monoisotopic (exact) mass is 504 g/mol. The minimum absolute atomic E-state index is 0. The summed E-state index contributed by atoms with van der Waals surface area (Å²) in [7, 11) is 0. The van der Waals surface area contributed by atoms with Gasteiger partial charge < -0.3 is 10.6 Å². The second-order valence-electron chi connectivity index (χ2n) is 6.57. The highest BCUT2D eigenvalue weighted by Crippen LogP contribution is 2.20. The summed E-state index contributed by atoms with van der Waals surface area (Å²) >= 11 is 1.78. The van der Waals surface area contributed by atoms with Gasteiger partial charge in [-0.15, -0.1) is 35.3 Å². The average Bonchev–Trinajstić information content (AvgIpc) is 3.06. The molecule has 26 heavy (non-hydrogen) atoms. The van der Waals surface area contributed by atoms with Gasteiger partial charge >= 0.3 is 6.18 Å². The number of guanidine groups is 1. The molecule has 1 saturated heterocycles. The third kappa shape index (κ3) is 8.43. The summed E-state index contributed by atoms with van der Waals surface area (Å²) in [6.07, 6.45) is -2.55. The number of thiophene rings is 1. The molecule has 150 valence electrons. The highest BCUT2D eigenvalue weighted by Gasteiger charge is 2.34. The van der Waals surface area contributed by atoms with Gasteiger partial charge in [-0.25, -0.2) is 0 Å². The Balaban J connectivity index is 0.00000338. The van der Waals surface area contributed by atoms with Crippen molar-refractivity contribution >= 4 is 41.3 Å². The van der Waals surface area contributed by atoms with Crippen molar-refractivity contribution in [2.24, 2.45) is 4.99 Å². The molecule has 2 N–H and O–H groups in total. The molecule has 1 aliphatic heterocycles. The number of likely N-dealkylation sites (tertiary alicyclic amines) is 1. The van der Waals surface area contributed by atoms with E-state index < -0.39 is 12.7 Å². The van der Waals surface area contributed by atoms with Gasteiger partial charge in [0, 0.05) is 47.9 Å². The largest absolute Gasteiger partial charge is 0.401 e. The summed E-state index contributed by atoms with van der Waals surface area (Å²) < 4.78 is 37.5. The van der Waals surface area contributed by atoms with Crippen LogP contribution in [0, 0.1) is 6.92 Å². The van der Waals surface area contributed by atoms with E-state index in [9.17, 15) is 13.2 Å². The number of hydrogen-bond acceptors (Lipinski definition) is 3. The zero-order valence-electron chi connectivity index (χ0n) is 15.4. The van der Waals surface area contributed by atoms with Gasteiger partial charge in [-0.05, 0) is 39.3 Å². The molecule has 0 spiro atoms. The number of hydrogen-bond donors (Lipinski definition) is 2. The SMILES string of the molecule is CCN=C(NC(C)Cc1ccc(C)s1)NC1CCN(CC(F)(F)F)C1.I. The molecule has 0 amide bonds. The van der Waals surface area contributed by atoms with Gasteiger partial charge in [0.1, 0.15) is 0 Å². The Morgan fingerprint density at radius 2 is 2.15 bits per heavy atom. The van der Waals surface area contributed by atoms with Crippen LogP contribution in [0.5, 0.6) is 0 Å². The third-order valence-corrected chi connectivity index (χ3v) is 5.04. The summed E-state index contributed by atoms with van der Waals surface area (Å²) in [5.41, 5.74) is 0. The number of alkyl halides is 3. The van der Waals surface area contributed by atoms with Crippen LogP contribution in [0.4, 0.5) is 13.2 Å². The molecule has 1 aromatic heterocycles. The van der Waals surface area contributed by atoms with Crippen molar-refractivity contribution in [3.8, 4) is 0 Å². The van der Waals surface area contributed by atoms with E-state index in [0.29, 0.717) is 32.0 Å². The Hall–Kier alpha value is -0.550. The van der Waals surface area contributed by atoms with Crippen LogP contribution in [0.15, 0.2) is 17.1 Å². The first kappa shape index (κ1) is 23.5. The lowest BCUT2D eigenvalue weighted by Gasteiger charge is -2.22. The number of aliphatic imine (C=N–C) groups is 1. The van der Waals surface area contributed by atoms with E-state index in [1.165, 1.54) is 14.7 Å². The Labute approximate surface area is 174 Å². The van der Waals surface area contributed by atoms with Gasteiger partial charge in [0.05, 0.1) is 6.54 Å². The summed E-state index contributed by atoms with van der Waals surface area (Å²) in [5.74, 6) is 0.683. The number of rotatable bonds is 6. The highest BCUT2D eigenvalue weighted by molar-refractivity contribution is 14.0. The van der Waals surface area contributed by atoms with Crippen LogP contribution in [0.25, 0.3) is 0 Å². The Morgan fingerprint density at radius 1 is 1.42 bits per heavy atom. The van der Waals surface area contributed by atoms with Crippen LogP contribution in [-0.2, 0) is 6.42 Å². The molecule has 9 heteroatoms. The molecular weight excluding hydrogens is 476 g/mol. The maximum atomic E-state index is 12.5. The van der Waals surface area contributed by atoms with Gasteiger partial charge in [0.25, 0.3) is 0 Å². The average molecular weight is 504 g/mol. The van der Waals surface area contributed by atoms with Gasteiger partial charge in [-0.3, -0.25) is 9.89 Å². The van der Waals surface area contributed by atoms with Crippen molar-refractivity contribution in [3.63, 3.8) is 0 Å². The van der Waals surface area contributed by atoms with Crippen LogP contribution in [0.2, 0.25) is 0 Å². The zero-order chi connectivity index (χ0) is 18.4. The lowest BCUT2D eigenvalue weighted by Crippen LogP contribution is -2.48. The first-order valence-electron chi connectivity index (χ1n) is 8.67. The topological polar surface area (TPSA) is 39.7 Å². The minimum atomic E-state index is -4.14. The fourth-order valence-electron chi connectivity index (χ4n) is 3.01. The van der Waals surface area contributed by atoms with E-state index >= 15 is 0 Å². The second kappa shape index (κ2) is 10.7. The van der Waals surface area contributed by atoms with E-state index in [1.807, 2.05) is 6.92 Å². The van der Waals surface area contributed by atoms with Crippen molar-refractivity contribution in [3.05, 3.63) is 21.9 Å². The zero-order valence-corrected chi connectivity index (χ0v) is 18.5. The summed E-state index contributed by atoms with van der Waals surface area (Å²) in [6.45, 7) is 6.76. The van der Waals surface area contributed by atoms with Gasteiger partial charge in [0.2, 0.25) is 0 Å². The van der Waals surface area contributed by atoms with Crippen LogP contribution >= 0.6 is 35.3 Å². The molecule has 0 aliphatic carbocycles. The molecule has 2 unspecified atom stereocenters. The van der Waals surface area contributed by atoms with Gasteiger partial charge in [0.15, 0.2) is 5.96 Å². The molecule has 2 rings (SSSR count). The normalized spacial score (nSPS) is 19.9. The molecule has 1 aromatic rings. The molecule has 0 radical (unpaired) electrons. The Kier molecular flexibility index (Phi) is 9.67. The first-order chi connectivity index (χ1) is 11.7. The lowest BCUT2D eigenvalue weighted by molar-refractivity contribution is -0.143. The molecule has 0 aromatic carbocycles. The third-order valence-electron chi connectivity index (χ3n) is 4.02. The van der Waals surface area contributed by atoms with Crippen molar-refractivity contribution in [1.29, 1.82) is 0 Å². The smallest absolute Gasteiger partial charge is 0.354 e. The summed E-state index contributed by atoms with van der Waals surface area (Å²) in [6, 6.07) is 4.44. The molecule has 1 fully saturated rings. The lowest BCUT2D eigenvalue weighted by atomic mass is 10.2. The molecule has 2 atom stereocenters. The molecule has 2 heterocycles. The van der Waals surface area contributed by atoms with Gasteiger partial charge in [-0.2, -0.15) is 13.2 Å². The Bertz CT molecular complexity index is 577. The van der Waals surface area contributed by atoms with E-state index in [1.54, 1.807) is 11.3 Å². The predicted molar refractivity (Wildman–Crippen MR) is 113 cm³/mol. The van der Waals surface area contributed by atoms with E-state index in [-0.39, 0.29) is 36.1 Å². The number of nitrogens with zero attached hydrogens (tertiary/aromatic N) is 2. The second-order valence-corrected chi connectivity index (χ2v) is 7.94. The van der Waals surface area contributed by atoms with Gasteiger partial charge in [-0.1, -0.05) is 0 Å².